The fourth-order valence-electron chi connectivity index (χ4n) is 2.43. The number of piperidine rings is 1. The van der Waals surface area contributed by atoms with Gasteiger partial charge in [-0.05, 0) is 57.0 Å². The Balaban J connectivity index is 0.00000144. The molecule has 1 saturated heterocycles. The van der Waals surface area contributed by atoms with Crippen LogP contribution in [0.4, 0.5) is 0 Å². The van der Waals surface area contributed by atoms with Crippen molar-refractivity contribution in [3.05, 3.63) is 29.6 Å². The number of pyridine rings is 1. The van der Waals surface area contributed by atoms with Crippen LogP contribution in [-0.4, -0.2) is 29.8 Å². The van der Waals surface area contributed by atoms with E-state index in [1.807, 2.05) is 12.3 Å². The third kappa shape index (κ3) is 3.66. The van der Waals surface area contributed by atoms with Crippen molar-refractivity contribution >= 4 is 12.4 Å². The van der Waals surface area contributed by atoms with Gasteiger partial charge in [0.1, 0.15) is 0 Å². The summed E-state index contributed by atoms with van der Waals surface area (Å²) < 4.78 is 0. The van der Waals surface area contributed by atoms with Crippen molar-refractivity contribution in [2.75, 3.05) is 19.7 Å². The Labute approximate surface area is 109 Å². The molecule has 0 spiro atoms. The van der Waals surface area contributed by atoms with E-state index in [0.717, 1.165) is 38.0 Å². The Morgan fingerprint density at radius 2 is 2.12 bits per heavy atom. The molecule has 2 N–H and O–H groups in total. The molecule has 2 rings (SSSR count). The van der Waals surface area contributed by atoms with Crippen molar-refractivity contribution in [2.45, 2.75) is 26.2 Å². The van der Waals surface area contributed by atoms with Gasteiger partial charge in [0.05, 0.1) is 0 Å². The molecule has 1 fully saturated rings. The molecule has 0 radical (unpaired) electrons. The van der Waals surface area contributed by atoms with Crippen LogP contribution in [0.2, 0.25) is 0 Å². The number of aliphatic hydroxyl groups is 1. The molecular formula is C13H21ClN2O. The minimum absolute atomic E-state index is 0. The lowest BCUT2D eigenvalue weighted by Gasteiger charge is -2.35. The van der Waals surface area contributed by atoms with E-state index >= 15 is 0 Å². The predicted octanol–water partition coefficient (Wildman–Crippen LogP) is 1.72. The topological polar surface area (TPSA) is 45.2 Å². The van der Waals surface area contributed by atoms with Crippen molar-refractivity contribution in [1.29, 1.82) is 0 Å². The summed E-state index contributed by atoms with van der Waals surface area (Å²) in [4.78, 5) is 4.40. The first-order valence-corrected chi connectivity index (χ1v) is 5.97. The van der Waals surface area contributed by atoms with Gasteiger partial charge in [-0.25, -0.2) is 0 Å². The van der Waals surface area contributed by atoms with Gasteiger partial charge in [0.15, 0.2) is 0 Å². The fraction of sp³-hybridized carbons (Fsp3) is 0.615. The zero-order valence-corrected chi connectivity index (χ0v) is 11.1. The van der Waals surface area contributed by atoms with E-state index in [1.165, 1.54) is 5.56 Å². The highest BCUT2D eigenvalue weighted by Gasteiger charge is 2.31. The van der Waals surface area contributed by atoms with Crippen LogP contribution in [0.3, 0.4) is 0 Å². The summed E-state index contributed by atoms with van der Waals surface area (Å²) in [5, 5.41) is 13.0. The molecule has 0 aromatic carbocycles. The number of nitrogens with zero attached hydrogens (tertiary/aromatic N) is 1. The molecule has 17 heavy (non-hydrogen) atoms. The fourth-order valence-corrected chi connectivity index (χ4v) is 2.43. The van der Waals surface area contributed by atoms with Gasteiger partial charge in [-0.1, -0.05) is 0 Å². The van der Waals surface area contributed by atoms with Crippen molar-refractivity contribution in [3.63, 3.8) is 0 Å². The van der Waals surface area contributed by atoms with Crippen LogP contribution in [0, 0.1) is 12.3 Å². The molecule has 1 aliphatic heterocycles. The first-order valence-electron chi connectivity index (χ1n) is 5.97. The van der Waals surface area contributed by atoms with Gasteiger partial charge in [0.25, 0.3) is 0 Å². The van der Waals surface area contributed by atoms with E-state index in [0.29, 0.717) is 0 Å². The van der Waals surface area contributed by atoms with Crippen molar-refractivity contribution in [3.8, 4) is 0 Å². The van der Waals surface area contributed by atoms with Gasteiger partial charge in [-0.2, -0.15) is 0 Å². The van der Waals surface area contributed by atoms with Gasteiger partial charge < -0.3 is 10.4 Å². The third-order valence-electron chi connectivity index (χ3n) is 3.53. The largest absolute Gasteiger partial charge is 0.396 e. The second kappa shape index (κ2) is 6.34. The van der Waals surface area contributed by atoms with E-state index in [4.69, 9.17) is 0 Å². The SMILES string of the molecule is Cc1ccnc(CC2(CO)CCNCC2)c1.Cl. The molecule has 1 aromatic heterocycles. The van der Waals surface area contributed by atoms with Crippen LogP contribution >= 0.6 is 12.4 Å². The summed E-state index contributed by atoms with van der Waals surface area (Å²) in [6, 6.07) is 4.14. The standard InChI is InChI=1S/C13H20N2O.ClH/c1-11-2-5-15-12(8-11)9-13(10-16)3-6-14-7-4-13;/h2,5,8,14,16H,3-4,6-7,9-10H2,1H3;1H. The maximum absolute atomic E-state index is 9.62. The van der Waals surface area contributed by atoms with Crippen LogP contribution in [0.25, 0.3) is 0 Å². The van der Waals surface area contributed by atoms with Crippen LogP contribution in [0.15, 0.2) is 18.3 Å². The first-order chi connectivity index (χ1) is 7.74. The van der Waals surface area contributed by atoms with Gasteiger partial charge in [-0.15, -0.1) is 12.4 Å². The lowest BCUT2D eigenvalue weighted by Crippen LogP contribution is -2.40. The lowest BCUT2D eigenvalue weighted by molar-refractivity contribution is 0.0883. The molecule has 96 valence electrons. The molecule has 1 aromatic rings. The number of aryl methyl sites for hydroxylation is 1. The lowest BCUT2D eigenvalue weighted by atomic mass is 9.76. The van der Waals surface area contributed by atoms with Crippen molar-refractivity contribution in [2.24, 2.45) is 5.41 Å². The maximum Gasteiger partial charge on any atom is 0.0492 e. The molecule has 0 saturated carbocycles. The van der Waals surface area contributed by atoms with Crippen LogP contribution < -0.4 is 5.32 Å². The van der Waals surface area contributed by atoms with E-state index in [1.54, 1.807) is 0 Å². The zero-order chi connectivity index (χ0) is 11.4. The van der Waals surface area contributed by atoms with Gasteiger partial charge >= 0.3 is 0 Å². The second-order valence-electron chi connectivity index (χ2n) is 4.91. The molecule has 0 bridgehead atoms. The minimum atomic E-state index is 0. The molecule has 0 atom stereocenters. The number of nitrogens with one attached hydrogen (secondary N) is 1. The molecule has 0 unspecified atom stereocenters. The molecule has 2 heterocycles. The summed E-state index contributed by atoms with van der Waals surface area (Å²) in [5.74, 6) is 0. The molecule has 4 heteroatoms. The molecule has 0 aliphatic carbocycles. The summed E-state index contributed by atoms with van der Waals surface area (Å²) in [5.41, 5.74) is 2.40. The quantitative estimate of drug-likeness (QED) is 0.866. The smallest absolute Gasteiger partial charge is 0.0492 e. The molecule has 0 amide bonds. The van der Waals surface area contributed by atoms with Gasteiger partial charge in [0.2, 0.25) is 0 Å². The number of hydrogen-bond donors (Lipinski definition) is 2. The predicted molar refractivity (Wildman–Crippen MR) is 71.5 cm³/mol. The average Bonchev–Trinajstić information content (AvgIpc) is 2.30. The van der Waals surface area contributed by atoms with Gasteiger partial charge in [0, 0.05) is 23.9 Å². The Hall–Kier alpha value is -0.640. The summed E-state index contributed by atoms with van der Waals surface area (Å²) in [6.07, 6.45) is 4.84. The molecule has 3 nitrogen and oxygen atoms in total. The molecular weight excluding hydrogens is 236 g/mol. The van der Waals surface area contributed by atoms with Gasteiger partial charge in [-0.3, -0.25) is 4.98 Å². The maximum atomic E-state index is 9.62. The van der Waals surface area contributed by atoms with Crippen LogP contribution in [0.5, 0.6) is 0 Å². The van der Waals surface area contributed by atoms with E-state index in [9.17, 15) is 5.11 Å². The normalized spacial score (nSPS) is 18.5. The highest BCUT2D eigenvalue weighted by atomic mass is 35.5. The van der Waals surface area contributed by atoms with Crippen molar-refractivity contribution < 1.29 is 5.11 Å². The minimum Gasteiger partial charge on any atom is -0.396 e. The Bertz CT molecular complexity index is 351. The summed E-state index contributed by atoms with van der Waals surface area (Å²) in [6.45, 7) is 4.36. The molecule has 1 aliphatic rings. The number of halogens is 1. The number of aromatic nitrogens is 1. The average molecular weight is 257 g/mol. The first kappa shape index (κ1) is 14.4. The zero-order valence-electron chi connectivity index (χ0n) is 10.3. The summed E-state index contributed by atoms with van der Waals surface area (Å²) >= 11 is 0. The monoisotopic (exact) mass is 256 g/mol. The highest BCUT2D eigenvalue weighted by molar-refractivity contribution is 5.85. The van der Waals surface area contributed by atoms with Crippen LogP contribution in [-0.2, 0) is 6.42 Å². The summed E-state index contributed by atoms with van der Waals surface area (Å²) in [7, 11) is 0. The van der Waals surface area contributed by atoms with Crippen LogP contribution in [0.1, 0.15) is 24.1 Å². The number of rotatable bonds is 3. The Morgan fingerprint density at radius 3 is 2.71 bits per heavy atom. The number of aliphatic hydroxyl groups excluding tert-OH is 1. The Kier molecular flexibility index (Phi) is 5.37. The third-order valence-corrected chi connectivity index (χ3v) is 3.53. The highest BCUT2D eigenvalue weighted by Crippen LogP contribution is 2.31. The van der Waals surface area contributed by atoms with E-state index < -0.39 is 0 Å². The van der Waals surface area contributed by atoms with Crippen molar-refractivity contribution in [1.82, 2.24) is 10.3 Å². The Morgan fingerprint density at radius 1 is 1.41 bits per heavy atom. The number of hydrogen-bond acceptors (Lipinski definition) is 3. The van der Waals surface area contributed by atoms with E-state index in [-0.39, 0.29) is 24.4 Å². The second-order valence-corrected chi connectivity index (χ2v) is 4.91. The van der Waals surface area contributed by atoms with E-state index in [2.05, 4.69) is 23.3 Å².